The summed E-state index contributed by atoms with van der Waals surface area (Å²) >= 11 is 1.48. The lowest BCUT2D eigenvalue weighted by molar-refractivity contribution is 0.0483. The molecule has 180 valence electrons. The standard InChI is InChI=1S/C27H27N3O4S/c1-32-23-11-4-2-8-19(23)16-30(17-20-9-6-15-33-20)26(31)25-22(18-35-27-28-13-7-14-29-27)21-10-3-5-12-24(21)34-25/h2-5,7-8,10-14,20H,6,9,15-18H2,1H3. The molecule has 1 aliphatic heterocycles. The Hall–Kier alpha value is -3.36. The number of thioether (sulfide) groups is 1. The first kappa shape index (κ1) is 23.4. The van der Waals surface area contributed by atoms with Crippen molar-refractivity contribution in [1.29, 1.82) is 0 Å². The van der Waals surface area contributed by atoms with Crippen LogP contribution in [0.5, 0.6) is 5.75 Å². The van der Waals surface area contributed by atoms with Crippen LogP contribution in [0.2, 0.25) is 0 Å². The number of hydrogen-bond donors (Lipinski definition) is 0. The van der Waals surface area contributed by atoms with Gasteiger partial charge in [0.05, 0.1) is 13.2 Å². The summed E-state index contributed by atoms with van der Waals surface area (Å²) in [4.78, 5) is 24.5. The minimum atomic E-state index is -0.160. The van der Waals surface area contributed by atoms with Crippen LogP contribution in [0.25, 0.3) is 11.0 Å². The van der Waals surface area contributed by atoms with Crippen molar-refractivity contribution in [3.63, 3.8) is 0 Å². The fourth-order valence-corrected chi connectivity index (χ4v) is 5.18. The molecule has 2 aromatic heterocycles. The maximum atomic E-state index is 14.0. The summed E-state index contributed by atoms with van der Waals surface area (Å²) in [6.07, 6.45) is 5.37. The van der Waals surface area contributed by atoms with E-state index < -0.39 is 0 Å². The summed E-state index contributed by atoms with van der Waals surface area (Å²) in [5, 5.41) is 1.58. The van der Waals surface area contributed by atoms with Gasteiger partial charge in [0.1, 0.15) is 11.3 Å². The van der Waals surface area contributed by atoms with Gasteiger partial charge in [-0.3, -0.25) is 4.79 Å². The molecule has 3 heterocycles. The number of para-hydroxylation sites is 2. The molecule has 0 saturated carbocycles. The van der Waals surface area contributed by atoms with Gasteiger partial charge in [-0.15, -0.1) is 0 Å². The van der Waals surface area contributed by atoms with Gasteiger partial charge in [0.15, 0.2) is 10.9 Å². The summed E-state index contributed by atoms with van der Waals surface area (Å²) in [5.74, 6) is 1.46. The summed E-state index contributed by atoms with van der Waals surface area (Å²) in [7, 11) is 1.64. The number of rotatable bonds is 9. The van der Waals surface area contributed by atoms with Gasteiger partial charge in [0.25, 0.3) is 5.91 Å². The lowest BCUT2D eigenvalue weighted by Gasteiger charge is -2.26. The molecule has 1 atom stereocenters. The lowest BCUT2D eigenvalue weighted by atomic mass is 10.1. The molecule has 4 aromatic rings. The zero-order chi connectivity index (χ0) is 24.0. The van der Waals surface area contributed by atoms with Crippen molar-refractivity contribution in [3.8, 4) is 5.75 Å². The maximum absolute atomic E-state index is 14.0. The van der Waals surface area contributed by atoms with Gasteiger partial charge in [0, 0.05) is 54.4 Å². The number of aromatic nitrogens is 2. The number of furan rings is 1. The molecule has 2 aromatic carbocycles. The Balaban J connectivity index is 1.49. The van der Waals surface area contributed by atoms with E-state index in [1.807, 2.05) is 53.4 Å². The minimum Gasteiger partial charge on any atom is -0.496 e. The molecule has 1 fully saturated rings. The second kappa shape index (κ2) is 10.9. The Bertz CT molecular complexity index is 1290. The molecule has 0 N–H and O–H groups in total. The molecule has 1 unspecified atom stereocenters. The molecule has 0 aliphatic carbocycles. The number of nitrogens with zero attached hydrogens (tertiary/aromatic N) is 3. The van der Waals surface area contributed by atoms with E-state index in [4.69, 9.17) is 13.9 Å². The first-order chi connectivity index (χ1) is 17.2. The minimum absolute atomic E-state index is 0.00794. The number of carbonyl (C=O) groups excluding carboxylic acids is 1. The summed E-state index contributed by atoms with van der Waals surface area (Å²) in [6, 6.07) is 17.3. The molecule has 1 saturated heterocycles. The maximum Gasteiger partial charge on any atom is 0.290 e. The van der Waals surface area contributed by atoms with Crippen molar-refractivity contribution in [1.82, 2.24) is 14.9 Å². The Kier molecular flexibility index (Phi) is 7.30. The number of benzene rings is 2. The van der Waals surface area contributed by atoms with Crippen LogP contribution in [0, 0.1) is 0 Å². The summed E-state index contributed by atoms with van der Waals surface area (Å²) in [5.41, 5.74) is 2.47. The highest BCUT2D eigenvalue weighted by atomic mass is 32.2. The molecule has 0 spiro atoms. The van der Waals surface area contributed by atoms with Crippen molar-refractivity contribution in [3.05, 3.63) is 83.9 Å². The van der Waals surface area contributed by atoms with Gasteiger partial charge in [-0.05, 0) is 31.0 Å². The van der Waals surface area contributed by atoms with Gasteiger partial charge < -0.3 is 18.8 Å². The van der Waals surface area contributed by atoms with Crippen molar-refractivity contribution in [2.75, 3.05) is 20.3 Å². The van der Waals surface area contributed by atoms with E-state index in [0.29, 0.717) is 35.3 Å². The number of amides is 1. The van der Waals surface area contributed by atoms with E-state index in [9.17, 15) is 4.79 Å². The Morgan fingerprint density at radius 3 is 2.71 bits per heavy atom. The van der Waals surface area contributed by atoms with Crippen LogP contribution in [-0.4, -0.2) is 47.1 Å². The zero-order valence-corrected chi connectivity index (χ0v) is 20.4. The smallest absolute Gasteiger partial charge is 0.290 e. The zero-order valence-electron chi connectivity index (χ0n) is 19.6. The van der Waals surface area contributed by atoms with Crippen LogP contribution in [0.3, 0.4) is 0 Å². The SMILES string of the molecule is COc1ccccc1CN(CC1CCCO1)C(=O)c1oc2ccccc2c1CSc1ncccn1. The van der Waals surface area contributed by atoms with Gasteiger partial charge in [0.2, 0.25) is 0 Å². The van der Waals surface area contributed by atoms with Crippen molar-refractivity contribution < 1.29 is 18.7 Å². The van der Waals surface area contributed by atoms with E-state index in [1.54, 1.807) is 25.6 Å². The van der Waals surface area contributed by atoms with Gasteiger partial charge in [-0.1, -0.05) is 48.2 Å². The van der Waals surface area contributed by atoms with E-state index in [-0.39, 0.29) is 12.0 Å². The first-order valence-corrected chi connectivity index (χ1v) is 12.6. The van der Waals surface area contributed by atoms with E-state index in [0.717, 1.165) is 41.7 Å². The summed E-state index contributed by atoms with van der Waals surface area (Å²) in [6.45, 7) is 1.61. The lowest BCUT2D eigenvalue weighted by Crippen LogP contribution is -2.37. The molecule has 0 radical (unpaired) electrons. The summed E-state index contributed by atoms with van der Waals surface area (Å²) < 4.78 is 17.6. The molecular formula is C27H27N3O4S. The molecule has 35 heavy (non-hydrogen) atoms. The van der Waals surface area contributed by atoms with Crippen LogP contribution in [-0.2, 0) is 17.0 Å². The fraction of sp³-hybridized carbons (Fsp3) is 0.296. The van der Waals surface area contributed by atoms with Crippen molar-refractivity contribution in [2.24, 2.45) is 0 Å². The Labute approximate surface area is 208 Å². The quantitative estimate of drug-likeness (QED) is 0.232. The van der Waals surface area contributed by atoms with E-state index in [2.05, 4.69) is 9.97 Å². The highest BCUT2D eigenvalue weighted by Gasteiger charge is 2.29. The van der Waals surface area contributed by atoms with Crippen molar-refractivity contribution >= 4 is 28.6 Å². The number of ether oxygens (including phenoxy) is 2. The van der Waals surface area contributed by atoms with Gasteiger partial charge in [-0.25, -0.2) is 9.97 Å². The molecule has 1 aliphatic rings. The molecular weight excluding hydrogens is 462 g/mol. The van der Waals surface area contributed by atoms with Crippen LogP contribution in [0.1, 0.15) is 34.5 Å². The van der Waals surface area contributed by atoms with Gasteiger partial charge in [-0.2, -0.15) is 0 Å². The van der Waals surface area contributed by atoms with Crippen LogP contribution in [0.15, 0.2) is 76.6 Å². The predicted octanol–water partition coefficient (Wildman–Crippen LogP) is 5.35. The molecule has 8 heteroatoms. The van der Waals surface area contributed by atoms with Crippen LogP contribution >= 0.6 is 11.8 Å². The second-order valence-electron chi connectivity index (χ2n) is 8.36. The number of carbonyl (C=O) groups is 1. The van der Waals surface area contributed by atoms with Crippen LogP contribution < -0.4 is 4.74 Å². The normalized spacial score (nSPS) is 15.4. The molecule has 5 rings (SSSR count). The number of fused-ring (bicyclic) bond motifs is 1. The molecule has 1 amide bonds. The van der Waals surface area contributed by atoms with E-state index in [1.165, 1.54) is 11.8 Å². The fourth-order valence-electron chi connectivity index (χ4n) is 4.35. The third-order valence-corrected chi connectivity index (χ3v) is 6.97. The average molecular weight is 490 g/mol. The van der Waals surface area contributed by atoms with Crippen molar-refractivity contribution in [2.45, 2.75) is 36.4 Å². The third-order valence-electron chi connectivity index (χ3n) is 6.07. The monoisotopic (exact) mass is 489 g/mol. The molecule has 0 bridgehead atoms. The number of methoxy groups -OCH3 is 1. The predicted molar refractivity (Wildman–Crippen MR) is 135 cm³/mol. The first-order valence-electron chi connectivity index (χ1n) is 11.7. The Morgan fingerprint density at radius 2 is 1.91 bits per heavy atom. The molecule has 7 nitrogen and oxygen atoms in total. The highest BCUT2D eigenvalue weighted by Crippen LogP contribution is 2.33. The Morgan fingerprint density at radius 1 is 1.11 bits per heavy atom. The van der Waals surface area contributed by atoms with E-state index >= 15 is 0 Å². The topological polar surface area (TPSA) is 77.7 Å². The number of hydrogen-bond acceptors (Lipinski definition) is 7. The van der Waals surface area contributed by atoms with Gasteiger partial charge >= 0.3 is 0 Å². The second-order valence-corrected chi connectivity index (χ2v) is 9.30. The largest absolute Gasteiger partial charge is 0.496 e. The third kappa shape index (κ3) is 5.33. The average Bonchev–Trinajstić information content (AvgIpc) is 3.55. The highest BCUT2D eigenvalue weighted by molar-refractivity contribution is 7.98. The van der Waals surface area contributed by atoms with Crippen LogP contribution in [0.4, 0.5) is 0 Å².